The van der Waals surface area contributed by atoms with Crippen LogP contribution in [0.3, 0.4) is 0 Å². The SMILES string of the molecule is C/C=C/COc1noc2c1CNCC2. The second-order valence-corrected chi connectivity index (χ2v) is 3.20. The predicted octanol–water partition coefficient (Wildman–Crippen LogP) is 1.28. The van der Waals surface area contributed by atoms with Gasteiger partial charge in [-0.2, -0.15) is 0 Å². The number of ether oxygens (including phenoxy) is 1. The van der Waals surface area contributed by atoms with Crippen LogP contribution in [-0.4, -0.2) is 18.3 Å². The van der Waals surface area contributed by atoms with E-state index in [2.05, 4.69) is 10.5 Å². The fourth-order valence-electron chi connectivity index (χ4n) is 1.45. The predicted molar refractivity (Wildman–Crippen MR) is 52.2 cm³/mol. The lowest BCUT2D eigenvalue weighted by Gasteiger charge is -2.10. The van der Waals surface area contributed by atoms with Gasteiger partial charge in [-0.05, 0) is 12.1 Å². The first-order valence-corrected chi connectivity index (χ1v) is 4.84. The van der Waals surface area contributed by atoms with Gasteiger partial charge in [-0.1, -0.05) is 12.2 Å². The molecule has 0 fully saturated rings. The van der Waals surface area contributed by atoms with Gasteiger partial charge < -0.3 is 14.6 Å². The molecule has 0 aromatic carbocycles. The van der Waals surface area contributed by atoms with E-state index in [1.807, 2.05) is 19.1 Å². The van der Waals surface area contributed by atoms with Crippen molar-refractivity contribution in [2.45, 2.75) is 19.9 Å². The summed E-state index contributed by atoms with van der Waals surface area (Å²) in [5, 5.41) is 7.16. The lowest BCUT2D eigenvalue weighted by molar-refractivity contribution is 0.303. The highest BCUT2D eigenvalue weighted by Gasteiger charge is 2.19. The van der Waals surface area contributed by atoms with E-state index in [-0.39, 0.29) is 0 Å². The highest BCUT2D eigenvalue weighted by atomic mass is 16.5. The molecule has 0 atom stereocenters. The van der Waals surface area contributed by atoms with Gasteiger partial charge >= 0.3 is 0 Å². The molecule has 4 nitrogen and oxygen atoms in total. The zero-order valence-corrected chi connectivity index (χ0v) is 8.25. The van der Waals surface area contributed by atoms with E-state index in [0.29, 0.717) is 12.5 Å². The lowest BCUT2D eigenvalue weighted by atomic mass is 10.1. The summed E-state index contributed by atoms with van der Waals surface area (Å²) in [4.78, 5) is 0. The summed E-state index contributed by atoms with van der Waals surface area (Å²) >= 11 is 0. The molecule has 14 heavy (non-hydrogen) atoms. The highest BCUT2D eigenvalue weighted by Crippen LogP contribution is 2.23. The Hall–Kier alpha value is -1.29. The minimum atomic E-state index is 0.551. The van der Waals surface area contributed by atoms with Crippen LogP contribution in [0.15, 0.2) is 16.7 Å². The summed E-state index contributed by atoms with van der Waals surface area (Å²) in [6.45, 7) is 4.26. The van der Waals surface area contributed by atoms with Crippen molar-refractivity contribution < 1.29 is 9.26 Å². The van der Waals surface area contributed by atoms with Gasteiger partial charge in [0.25, 0.3) is 5.88 Å². The Morgan fingerprint density at radius 3 is 3.43 bits per heavy atom. The van der Waals surface area contributed by atoms with E-state index >= 15 is 0 Å². The fraction of sp³-hybridized carbons (Fsp3) is 0.500. The Kier molecular flexibility index (Phi) is 2.84. The molecular formula is C10H14N2O2. The Labute approximate surface area is 82.9 Å². The average Bonchev–Trinajstić information content (AvgIpc) is 2.63. The molecular weight excluding hydrogens is 180 g/mol. The van der Waals surface area contributed by atoms with Crippen LogP contribution >= 0.6 is 0 Å². The zero-order chi connectivity index (χ0) is 9.80. The second kappa shape index (κ2) is 4.28. The summed E-state index contributed by atoms with van der Waals surface area (Å²) in [5.74, 6) is 1.59. The average molecular weight is 194 g/mol. The van der Waals surface area contributed by atoms with Gasteiger partial charge in [-0.25, -0.2) is 0 Å². The Morgan fingerprint density at radius 2 is 2.57 bits per heavy atom. The normalized spacial score (nSPS) is 15.8. The maximum absolute atomic E-state index is 5.45. The fourth-order valence-corrected chi connectivity index (χ4v) is 1.45. The third-order valence-corrected chi connectivity index (χ3v) is 2.22. The summed E-state index contributed by atoms with van der Waals surface area (Å²) in [6.07, 6.45) is 4.79. The second-order valence-electron chi connectivity index (χ2n) is 3.20. The number of fused-ring (bicyclic) bond motifs is 1. The van der Waals surface area contributed by atoms with Crippen LogP contribution in [0.1, 0.15) is 18.2 Å². The molecule has 1 aliphatic heterocycles. The Balaban J connectivity index is 2.06. The van der Waals surface area contributed by atoms with Crippen LogP contribution < -0.4 is 10.1 Å². The summed E-state index contributed by atoms with van der Waals surface area (Å²) in [7, 11) is 0. The van der Waals surface area contributed by atoms with Crippen molar-refractivity contribution in [3.8, 4) is 5.88 Å². The molecule has 4 heteroatoms. The molecule has 0 bridgehead atoms. The smallest absolute Gasteiger partial charge is 0.259 e. The van der Waals surface area contributed by atoms with E-state index in [4.69, 9.17) is 9.26 Å². The number of allylic oxidation sites excluding steroid dienone is 1. The van der Waals surface area contributed by atoms with E-state index in [0.717, 1.165) is 30.8 Å². The monoisotopic (exact) mass is 194 g/mol. The van der Waals surface area contributed by atoms with Crippen LogP contribution in [0, 0.1) is 0 Å². The largest absolute Gasteiger partial charge is 0.471 e. The number of aromatic nitrogens is 1. The van der Waals surface area contributed by atoms with Crippen LogP contribution in [0.5, 0.6) is 5.88 Å². The van der Waals surface area contributed by atoms with Crippen molar-refractivity contribution in [3.63, 3.8) is 0 Å². The molecule has 0 amide bonds. The van der Waals surface area contributed by atoms with Gasteiger partial charge in [-0.15, -0.1) is 0 Å². The first kappa shape index (κ1) is 9.27. The molecule has 2 heterocycles. The molecule has 0 radical (unpaired) electrons. The van der Waals surface area contributed by atoms with E-state index < -0.39 is 0 Å². The third-order valence-electron chi connectivity index (χ3n) is 2.22. The van der Waals surface area contributed by atoms with E-state index in [9.17, 15) is 0 Å². The summed E-state index contributed by atoms with van der Waals surface area (Å²) in [5.41, 5.74) is 1.07. The number of hydrogen-bond acceptors (Lipinski definition) is 4. The lowest BCUT2D eigenvalue weighted by Crippen LogP contribution is -2.22. The maximum atomic E-state index is 5.45. The number of nitrogens with zero attached hydrogens (tertiary/aromatic N) is 1. The van der Waals surface area contributed by atoms with Crippen molar-refractivity contribution >= 4 is 0 Å². The minimum absolute atomic E-state index is 0.551. The molecule has 0 saturated carbocycles. The third kappa shape index (κ3) is 1.80. The quantitative estimate of drug-likeness (QED) is 0.736. The van der Waals surface area contributed by atoms with Crippen LogP contribution in [0.2, 0.25) is 0 Å². The van der Waals surface area contributed by atoms with Gasteiger partial charge in [0.15, 0.2) is 0 Å². The topological polar surface area (TPSA) is 47.3 Å². The number of hydrogen-bond donors (Lipinski definition) is 1. The summed E-state index contributed by atoms with van der Waals surface area (Å²) in [6, 6.07) is 0. The van der Waals surface area contributed by atoms with Crippen molar-refractivity contribution in [1.29, 1.82) is 0 Å². The van der Waals surface area contributed by atoms with Crippen LogP contribution in [-0.2, 0) is 13.0 Å². The minimum Gasteiger partial charge on any atom is -0.471 e. The van der Waals surface area contributed by atoms with Gasteiger partial charge in [0.05, 0.1) is 5.56 Å². The Morgan fingerprint density at radius 1 is 1.64 bits per heavy atom. The van der Waals surface area contributed by atoms with E-state index in [1.54, 1.807) is 0 Å². The molecule has 0 aliphatic carbocycles. The summed E-state index contributed by atoms with van der Waals surface area (Å²) < 4.78 is 10.6. The molecule has 0 saturated heterocycles. The highest BCUT2D eigenvalue weighted by molar-refractivity contribution is 5.30. The first-order valence-electron chi connectivity index (χ1n) is 4.84. The van der Waals surface area contributed by atoms with Crippen LogP contribution in [0.4, 0.5) is 0 Å². The van der Waals surface area contributed by atoms with Gasteiger partial charge in [0.1, 0.15) is 12.4 Å². The first-order chi connectivity index (χ1) is 6.92. The molecule has 1 aliphatic rings. The van der Waals surface area contributed by atoms with Gasteiger partial charge in [0.2, 0.25) is 0 Å². The van der Waals surface area contributed by atoms with Crippen molar-refractivity contribution in [1.82, 2.24) is 10.5 Å². The van der Waals surface area contributed by atoms with Gasteiger partial charge in [0, 0.05) is 19.5 Å². The van der Waals surface area contributed by atoms with Gasteiger partial charge in [-0.3, -0.25) is 0 Å². The van der Waals surface area contributed by atoms with Crippen molar-refractivity contribution in [2.24, 2.45) is 0 Å². The number of rotatable bonds is 3. The molecule has 1 aromatic rings. The van der Waals surface area contributed by atoms with Crippen molar-refractivity contribution in [2.75, 3.05) is 13.2 Å². The zero-order valence-electron chi connectivity index (χ0n) is 8.25. The molecule has 76 valence electrons. The molecule has 1 N–H and O–H groups in total. The molecule has 0 spiro atoms. The maximum Gasteiger partial charge on any atom is 0.259 e. The molecule has 0 unspecified atom stereocenters. The number of nitrogens with one attached hydrogen (secondary N) is 1. The molecule has 2 rings (SSSR count). The van der Waals surface area contributed by atoms with Crippen LogP contribution in [0.25, 0.3) is 0 Å². The van der Waals surface area contributed by atoms with E-state index in [1.165, 1.54) is 0 Å². The standard InChI is InChI=1S/C10H14N2O2/c1-2-3-6-13-10-8-7-11-5-4-9(8)14-12-10/h2-3,11H,4-7H2,1H3/b3-2+. The molecule has 1 aromatic heterocycles. The van der Waals surface area contributed by atoms with Crippen molar-refractivity contribution in [3.05, 3.63) is 23.5 Å². The Bertz CT molecular complexity index is 331.